The third kappa shape index (κ3) is 1.93. The molecule has 2 aromatic rings. The molecule has 1 heterocycles. The molecule has 1 aromatic carbocycles. The monoisotopic (exact) mass is 232 g/mol. The zero-order valence-corrected chi connectivity index (χ0v) is 9.51. The molecule has 3 nitrogen and oxygen atoms in total. The van der Waals surface area contributed by atoms with E-state index in [0.29, 0.717) is 28.7 Å². The quantitative estimate of drug-likeness (QED) is 0.785. The molecule has 0 atom stereocenters. The summed E-state index contributed by atoms with van der Waals surface area (Å²) < 4.78 is 13.7. The van der Waals surface area contributed by atoms with Crippen LogP contribution in [-0.2, 0) is 0 Å². The van der Waals surface area contributed by atoms with Crippen LogP contribution in [0.3, 0.4) is 0 Å². The molecule has 4 heteroatoms. The van der Waals surface area contributed by atoms with Crippen LogP contribution in [0.2, 0.25) is 0 Å². The molecule has 2 rings (SSSR count). The van der Waals surface area contributed by atoms with Gasteiger partial charge in [0.25, 0.3) is 5.91 Å². The molecule has 0 unspecified atom stereocenters. The summed E-state index contributed by atoms with van der Waals surface area (Å²) in [5.41, 5.74) is 1.65. The summed E-state index contributed by atoms with van der Waals surface area (Å²) in [6.07, 6.45) is 1.58. The van der Waals surface area contributed by atoms with Crippen molar-refractivity contribution in [2.24, 2.45) is 0 Å². The molecule has 0 aliphatic heterocycles. The van der Waals surface area contributed by atoms with Crippen LogP contribution in [0.5, 0.6) is 0 Å². The molecule has 0 saturated heterocycles. The van der Waals surface area contributed by atoms with Gasteiger partial charge in [-0.15, -0.1) is 6.58 Å². The van der Waals surface area contributed by atoms with Crippen molar-refractivity contribution in [1.82, 2.24) is 10.3 Å². The second-order valence-corrected chi connectivity index (χ2v) is 3.79. The number of aryl methyl sites for hydroxylation is 1. The number of hydrogen-bond donors (Lipinski definition) is 2. The second kappa shape index (κ2) is 4.41. The number of nitrogens with one attached hydrogen (secondary N) is 2. The molecular formula is C13H13FN2O. The molecule has 0 radical (unpaired) electrons. The van der Waals surface area contributed by atoms with Crippen LogP contribution < -0.4 is 5.32 Å². The van der Waals surface area contributed by atoms with Crippen molar-refractivity contribution in [2.75, 3.05) is 6.54 Å². The molecular weight excluding hydrogens is 219 g/mol. The zero-order chi connectivity index (χ0) is 12.4. The van der Waals surface area contributed by atoms with Crippen LogP contribution in [0, 0.1) is 12.7 Å². The van der Waals surface area contributed by atoms with E-state index in [1.54, 1.807) is 25.1 Å². The van der Waals surface area contributed by atoms with Gasteiger partial charge in [0, 0.05) is 23.1 Å². The standard InChI is InChI=1S/C13H13FN2O/c1-3-7-15-13(17)11-8(2)16-10-6-4-5-9(14)12(10)11/h3-6,16H,1,7H2,2H3,(H,15,17). The summed E-state index contributed by atoms with van der Waals surface area (Å²) in [6, 6.07) is 4.70. The van der Waals surface area contributed by atoms with Crippen molar-refractivity contribution < 1.29 is 9.18 Å². The molecule has 0 aliphatic rings. The van der Waals surface area contributed by atoms with Gasteiger partial charge in [0.2, 0.25) is 0 Å². The largest absolute Gasteiger partial charge is 0.358 e. The van der Waals surface area contributed by atoms with Gasteiger partial charge in [-0.3, -0.25) is 4.79 Å². The lowest BCUT2D eigenvalue weighted by molar-refractivity contribution is 0.0959. The first-order valence-corrected chi connectivity index (χ1v) is 5.31. The van der Waals surface area contributed by atoms with Gasteiger partial charge in [0.15, 0.2) is 0 Å². The Morgan fingerprint density at radius 1 is 1.59 bits per heavy atom. The first kappa shape index (κ1) is 11.4. The highest BCUT2D eigenvalue weighted by Gasteiger charge is 2.17. The summed E-state index contributed by atoms with van der Waals surface area (Å²) in [6.45, 7) is 5.63. The highest BCUT2D eigenvalue weighted by Crippen LogP contribution is 2.24. The number of carbonyl (C=O) groups excluding carboxylic acids is 1. The Morgan fingerprint density at radius 3 is 3.06 bits per heavy atom. The summed E-state index contributed by atoms with van der Waals surface area (Å²) in [5.74, 6) is -0.686. The number of hydrogen-bond acceptors (Lipinski definition) is 1. The summed E-state index contributed by atoms with van der Waals surface area (Å²) in [4.78, 5) is 14.9. The minimum atomic E-state index is -0.393. The molecule has 0 aliphatic carbocycles. The summed E-state index contributed by atoms with van der Waals surface area (Å²) >= 11 is 0. The Balaban J connectivity index is 2.56. The lowest BCUT2D eigenvalue weighted by Gasteiger charge is -2.02. The van der Waals surface area contributed by atoms with Gasteiger partial charge in [0.1, 0.15) is 5.82 Å². The van der Waals surface area contributed by atoms with Gasteiger partial charge in [0.05, 0.1) is 5.56 Å². The third-order valence-electron chi connectivity index (χ3n) is 2.59. The molecule has 0 fully saturated rings. The van der Waals surface area contributed by atoms with E-state index < -0.39 is 5.82 Å². The number of H-pyrrole nitrogens is 1. The Hall–Kier alpha value is -2.10. The molecule has 0 spiro atoms. The van der Waals surface area contributed by atoms with E-state index in [1.807, 2.05) is 0 Å². The van der Waals surface area contributed by atoms with E-state index in [0.717, 1.165) is 0 Å². The number of benzene rings is 1. The predicted molar refractivity (Wildman–Crippen MR) is 65.5 cm³/mol. The van der Waals surface area contributed by atoms with Crippen molar-refractivity contribution in [2.45, 2.75) is 6.92 Å². The molecule has 2 N–H and O–H groups in total. The van der Waals surface area contributed by atoms with Crippen LogP contribution in [-0.4, -0.2) is 17.4 Å². The van der Waals surface area contributed by atoms with E-state index in [4.69, 9.17) is 0 Å². The number of carbonyl (C=O) groups is 1. The smallest absolute Gasteiger partial charge is 0.254 e. The Kier molecular flexibility index (Phi) is 2.95. The van der Waals surface area contributed by atoms with Gasteiger partial charge in [-0.2, -0.15) is 0 Å². The van der Waals surface area contributed by atoms with Crippen molar-refractivity contribution in [3.63, 3.8) is 0 Å². The normalized spacial score (nSPS) is 10.5. The first-order valence-electron chi connectivity index (χ1n) is 5.31. The topological polar surface area (TPSA) is 44.9 Å². The molecule has 0 bridgehead atoms. The van der Waals surface area contributed by atoms with E-state index in [2.05, 4.69) is 16.9 Å². The maximum atomic E-state index is 13.7. The Morgan fingerprint density at radius 2 is 2.35 bits per heavy atom. The van der Waals surface area contributed by atoms with E-state index >= 15 is 0 Å². The zero-order valence-electron chi connectivity index (χ0n) is 9.51. The molecule has 88 valence electrons. The summed E-state index contributed by atoms with van der Waals surface area (Å²) in [7, 11) is 0. The van der Waals surface area contributed by atoms with Gasteiger partial charge in [-0.25, -0.2) is 4.39 Å². The Labute approximate surface area is 98.3 Å². The number of aromatic amines is 1. The molecule has 1 amide bonds. The predicted octanol–water partition coefficient (Wildman–Crippen LogP) is 2.53. The van der Waals surface area contributed by atoms with Crippen LogP contribution in [0.15, 0.2) is 30.9 Å². The van der Waals surface area contributed by atoms with E-state index in [9.17, 15) is 9.18 Å². The number of aromatic nitrogens is 1. The summed E-state index contributed by atoms with van der Waals surface area (Å²) in [5, 5.41) is 2.99. The number of fused-ring (bicyclic) bond motifs is 1. The van der Waals surface area contributed by atoms with Crippen LogP contribution in [0.4, 0.5) is 4.39 Å². The molecule has 17 heavy (non-hydrogen) atoms. The third-order valence-corrected chi connectivity index (χ3v) is 2.59. The number of amides is 1. The van der Waals surface area contributed by atoms with Gasteiger partial charge in [-0.05, 0) is 19.1 Å². The van der Waals surface area contributed by atoms with Crippen LogP contribution >= 0.6 is 0 Å². The van der Waals surface area contributed by atoms with Crippen molar-refractivity contribution in [3.05, 3.63) is 47.9 Å². The minimum Gasteiger partial charge on any atom is -0.358 e. The first-order chi connectivity index (χ1) is 8.15. The Bertz CT molecular complexity index is 586. The van der Waals surface area contributed by atoms with Gasteiger partial charge in [-0.1, -0.05) is 12.1 Å². The molecule has 1 aromatic heterocycles. The number of halogens is 1. The van der Waals surface area contributed by atoms with E-state index in [1.165, 1.54) is 6.07 Å². The maximum absolute atomic E-state index is 13.7. The highest BCUT2D eigenvalue weighted by molar-refractivity contribution is 6.08. The highest BCUT2D eigenvalue weighted by atomic mass is 19.1. The fourth-order valence-electron chi connectivity index (χ4n) is 1.87. The average molecular weight is 232 g/mol. The second-order valence-electron chi connectivity index (χ2n) is 3.79. The van der Waals surface area contributed by atoms with Crippen LogP contribution in [0.25, 0.3) is 10.9 Å². The lowest BCUT2D eigenvalue weighted by atomic mass is 10.1. The average Bonchev–Trinajstić information content (AvgIpc) is 2.64. The van der Waals surface area contributed by atoms with Crippen molar-refractivity contribution >= 4 is 16.8 Å². The van der Waals surface area contributed by atoms with Crippen molar-refractivity contribution in [3.8, 4) is 0 Å². The fraction of sp³-hybridized carbons (Fsp3) is 0.154. The van der Waals surface area contributed by atoms with Gasteiger partial charge >= 0.3 is 0 Å². The number of rotatable bonds is 3. The lowest BCUT2D eigenvalue weighted by Crippen LogP contribution is -2.23. The SMILES string of the molecule is C=CCNC(=O)c1c(C)[nH]c2cccc(F)c12. The minimum absolute atomic E-state index is 0.293. The van der Waals surface area contributed by atoms with E-state index in [-0.39, 0.29) is 5.91 Å². The molecule has 0 saturated carbocycles. The van der Waals surface area contributed by atoms with Crippen molar-refractivity contribution in [1.29, 1.82) is 0 Å². The van der Waals surface area contributed by atoms with Crippen LogP contribution in [0.1, 0.15) is 16.1 Å². The maximum Gasteiger partial charge on any atom is 0.254 e. The fourth-order valence-corrected chi connectivity index (χ4v) is 1.87. The van der Waals surface area contributed by atoms with Gasteiger partial charge < -0.3 is 10.3 Å².